The second-order valence-electron chi connectivity index (χ2n) is 10.9. The summed E-state index contributed by atoms with van der Waals surface area (Å²) in [7, 11) is 0. The van der Waals surface area contributed by atoms with Crippen molar-refractivity contribution in [3.63, 3.8) is 0 Å². The molecule has 0 atom stereocenters. The lowest BCUT2D eigenvalue weighted by atomic mass is 9.69. The van der Waals surface area contributed by atoms with E-state index in [1.54, 1.807) is 0 Å². The third kappa shape index (κ3) is 6.56. The minimum absolute atomic E-state index is 0.159. The number of ether oxygens (including phenoxy) is 2. The van der Waals surface area contributed by atoms with Gasteiger partial charge in [-0.05, 0) is 87.9 Å². The molecule has 0 heterocycles. The Hall–Kier alpha value is -1.56. The molecule has 0 saturated heterocycles. The number of benzene rings is 1. The Balaban J connectivity index is 1.13. The quantitative estimate of drug-likeness (QED) is 0.229. The normalized spacial score (nSPS) is 32.4. The van der Waals surface area contributed by atoms with Gasteiger partial charge in [-0.1, -0.05) is 26.2 Å². The van der Waals surface area contributed by atoms with Gasteiger partial charge in [0.05, 0.1) is 12.0 Å². The lowest BCUT2D eigenvalue weighted by Gasteiger charge is -2.38. The van der Waals surface area contributed by atoms with Gasteiger partial charge in [0.25, 0.3) is 0 Å². The zero-order valence-electron chi connectivity index (χ0n) is 20.4. The molecule has 0 N–H and O–H groups in total. The van der Waals surface area contributed by atoms with Crippen LogP contribution in [0.25, 0.3) is 0 Å². The van der Waals surface area contributed by atoms with Crippen molar-refractivity contribution >= 4 is 5.97 Å². The molecule has 3 saturated carbocycles. The van der Waals surface area contributed by atoms with E-state index >= 15 is 0 Å². The van der Waals surface area contributed by atoms with E-state index in [9.17, 15) is 18.0 Å². The lowest BCUT2D eigenvalue weighted by molar-refractivity contribution is -0.141. The first kappa shape index (κ1) is 25.5. The van der Waals surface area contributed by atoms with E-state index in [4.69, 9.17) is 9.47 Å². The van der Waals surface area contributed by atoms with Gasteiger partial charge in [-0.3, -0.25) is 4.79 Å². The molecule has 0 spiro atoms. The predicted molar refractivity (Wildman–Crippen MR) is 125 cm³/mol. The Morgan fingerprint density at radius 2 is 1.32 bits per heavy atom. The van der Waals surface area contributed by atoms with E-state index < -0.39 is 23.4 Å². The van der Waals surface area contributed by atoms with Crippen molar-refractivity contribution in [2.45, 2.75) is 96.5 Å². The van der Waals surface area contributed by atoms with Crippen molar-refractivity contribution in [1.82, 2.24) is 0 Å². The lowest BCUT2D eigenvalue weighted by Crippen LogP contribution is -2.31. The highest BCUT2D eigenvalue weighted by Crippen LogP contribution is 2.42. The number of hydrogen-bond acceptors (Lipinski definition) is 3. The Bertz CT molecular complexity index is 782. The first-order valence-corrected chi connectivity index (χ1v) is 13.4. The summed E-state index contributed by atoms with van der Waals surface area (Å²) in [6.45, 7) is 3.13. The summed E-state index contributed by atoms with van der Waals surface area (Å²) >= 11 is 0. The van der Waals surface area contributed by atoms with Gasteiger partial charge in [0.15, 0.2) is 17.5 Å². The largest absolute Gasteiger partial charge is 0.426 e. The summed E-state index contributed by atoms with van der Waals surface area (Å²) in [4.78, 5) is 12.4. The smallest absolute Gasteiger partial charge is 0.314 e. The molecule has 1 aromatic carbocycles. The maximum Gasteiger partial charge on any atom is 0.314 e. The molecule has 3 aliphatic carbocycles. The molecule has 4 rings (SSSR count). The second-order valence-corrected chi connectivity index (χ2v) is 10.9. The highest BCUT2D eigenvalue weighted by Gasteiger charge is 2.32. The van der Waals surface area contributed by atoms with E-state index in [1.807, 2.05) is 0 Å². The van der Waals surface area contributed by atoms with Crippen LogP contribution < -0.4 is 4.74 Å². The third-order valence-electron chi connectivity index (χ3n) is 8.78. The number of halogens is 3. The molecular formula is C28H39F3O3. The van der Waals surface area contributed by atoms with Gasteiger partial charge in [0, 0.05) is 18.7 Å². The van der Waals surface area contributed by atoms with Crippen LogP contribution >= 0.6 is 0 Å². The number of carbonyl (C=O) groups is 1. The van der Waals surface area contributed by atoms with Gasteiger partial charge in [-0.25, -0.2) is 13.2 Å². The molecule has 0 aromatic heterocycles. The maximum absolute atomic E-state index is 13.3. The van der Waals surface area contributed by atoms with E-state index in [1.165, 1.54) is 57.8 Å². The van der Waals surface area contributed by atoms with E-state index in [0.717, 1.165) is 37.2 Å². The molecule has 0 amide bonds. The first-order chi connectivity index (χ1) is 16.4. The molecule has 0 unspecified atom stereocenters. The topological polar surface area (TPSA) is 35.5 Å². The van der Waals surface area contributed by atoms with Crippen molar-refractivity contribution in [2.24, 2.45) is 29.6 Å². The zero-order chi connectivity index (χ0) is 24.1. The summed E-state index contributed by atoms with van der Waals surface area (Å²) in [5, 5.41) is 0. The van der Waals surface area contributed by atoms with Crippen LogP contribution in [-0.4, -0.2) is 18.7 Å². The molecule has 190 valence electrons. The Kier molecular flexibility index (Phi) is 8.95. The van der Waals surface area contributed by atoms with Crippen LogP contribution in [0.2, 0.25) is 0 Å². The minimum atomic E-state index is -1.56. The molecule has 3 aliphatic rings. The van der Waals surface area contributed by atoms with Crippen molar-refractivity contribution in [2.75, 3.05) is 6.61 Å². The SMILES string of the molecule is CCC1CCC(C2CCC(COC3CCC(C(=O)Oc4cc(F)c(F)c(F)c4)CC3)CC2)CC1. The van der Waals surface area contributed by atoms with Gasteiger partial charge >= 0.3 is 5.97 Å². The van der Waals surface area contributed by atoms with Crippen LogP contribution in [0.3, 0.4) is 0 Å². The molecular weight excluding hydrogens is 441 g/mol. The standard InChI is InChI=1S/C28H39F3O3/c1-2-18-3-7-20(8-4-18)21-9-5-19(6-10-21)17-33-23-13-11-22(12-14-23)28(32)34-24-15-25(29)27(31)26(30)16-24/h15-16,18-23H,2-14,17H2,1H3. The molecule has 0 bridgehead atoms. The Morgan fingerprint density at radius 3 is 1.85 bits per heavy atom. The number of esters is 1. The summed E-state index contributed by atoms with van der Waals surface area (Å²) in [6, 6.07) is 1.41. The second kappa shape index (κ2) is 11.9. The van der Waals surface area contributed by atoms with Crippen LogP contribution in [0, 0.1) is 47.0 Å². The molecule has 6 heteroatoms. The molecule has 1 aromatic rings. The Morgan fingerprint density at radius 1 is 0.794 bits per heavy atom. The van der Waals surface area contributed by atoms with Crippen molar-refractivity contribution in [3.8, 4) is 5.75 Å². The third-order valence-corrected chi connectivity index (χ3v) is 8.78. The van der Waals surface area contributed by atoms with E-state index in [0.29, 0.717) is 30.9 Å². The highest BCUT2D eigenvalue weighted by molar-refractivity contribution is 5.75. The average molecular weight is 481 g/mol. The van der Waals surface area contributed by atoms with Crippen molar-refractivity contribution in [1.29, 1.82) is 0 Å². The van der Waals surface area contributed by atoms with Gasteiger partial charge < -0.3 is 9.47 Å². The molecule has 0 radical (unpaired) electrons. The number of hydrogen-bond donors (Lipinski definition) is 0. The number of carbonyl (C=O) groups excluding carboxylic acids is 1. The summed E-state index contributed by atoms with van der Waals surface area (Å²) in [6.07, 6.45) is 15.3. The van der Waals surface area contributed by atoms with E-state index in [-0.39, 0.29) is 17.8 Å². The fourth-order valence-corrected chi connectivity index (χ4v) is 6.42. The first-order valence-electron chi connectivity index (χ1n) is 13.4. The van der Waals surface area contributed by atoms with Crippen LogP contribution in [0.5, 0.6) is 5.75 Å². The van der Waals surface area contributed by atoms with Crippen LogP contribution in [0.1, 0.15) is 90.4 Å². The summed E-state index contributed by atoms with van der Waals surface area (Å²) < 4.78 is 51.1. The van der Waals surface area contributed by atoms with Gasteiger partial charge in [0.1, 0.15) is 5.75 Å². The van der Waals surface area contributed by atoms with Crippen molar-refractivity contribution < 1.29 is 27.4 Å². The van der Waals surface area contributed by atoms with Gasteiger partial charge in [-0.15, -0.1) is 0 Å². The minimum Gasteiger partial charge on any atom is -0.426 e. The highest BCUT2D eigenvalue weighted by atomic mass is 19.2. The molecule has 34 heavy (non-hydrogen) atoms. The van der Waals surface area contributed by atoms with Gasteiger partial charge in [0.2, 0.25) is 0 Å². The summed E-state index contributed by atoms with van der Waals surface area (Å²) in [5.41, 5.74) is 0. The molecule has 0 aliphatic heterocycles. The van der Waals surface area contributed by atoms with E-state index in [2.05, 4.69) is 6.92 Å². The number of rotatable bonds is 7. The summed E-state index contributed by atoms with van der Waals surface area (Å²) in [5.74, 6) is -1.96. The molecule has 3 nitrogen and oxygen atoms in total. The molecule has 3 fully saturated rings. The monoisotopic (exact) mass is 480 g/mol. The fourth-order valence-electron chi connectivity index (χ4n) is 6.42. The fraction of sp³-hybridized carbons (Fsp3) is 0.750. The van der Waals surface area contributed by atoms with Crippen LogP contribution in [0.15, 0.2) is 12.1 Å². The Labute approximate surface area is 201 Å². The predicted octanol–water partition coefficient (Wildman–Crippen LogP) is 7.61. The van der Waals surface area contributed by atoms with Crippen LogP contribution in [-0.2, 0) is 9.53 Å². The maximum atomic E-state index is 13.3. The average Bonchev–Trinajstić information content (AvgIpc) is 2.86. The zero-order valence-corrected chi connectivity index (χ0v) is 20.4. The van der Waals surface area contributed by atoms with Crippen molar-refractivity contribution in [3.05, 3.63) is 29.6 Å². The van der Waals surface area contributed by atoms with Crippen LogP contribution in [0.4, 0.5) is 13.2 Å². The van der Waals surface area contributed by atoms with Gasteiger partial charge in [-0.2, -0.15) is 0 Å².